The van der Waals surface area contributed by atoms with Crippen LogP contribution in [0.4, 0.5) is 4.79 Å². The van der Waals surface area contributed by atoms with Gasteiger partial charge in [-0.3, -0.25) is 4.79 Å². The second-order valence-corrected chi connectivity index (χ2v) is 8.68. The van der Waals surface area contributed by atoms with Crippen LogP contribution in [0.5, 0.6) is 0 Å². The summed E-state index contributed by atoms with van der Waals surface area (Å²) in [5.74, 6) is 1.07. The fraction of sp³-hybridized carbons (Fsp3) is 0.833. The van der Waals surface area contributed by atoms with Crippen molar-refractivity contribution in [2.24, 2.45) is 11.8 Å². The first-order valence-corrected chi connectivity index (χ1v) is 9.38. The Balaban J connectivity index is 1.44. The molecule has 5 rings (SSSR count). The number of carbonyl (C=O) groups excluding carboxylic acids is 1. The molecule has 4 bridgehead atoms. The third kappa shape index (κ3) is 2.97. The summed E-state index contributed by atoms with van der Waals surface area (Å²) in [5.41, 5.74) is -0.459. The highest BCUT2D eigenvalue weighted by atomic mass is 16.4. The lowest BCUT2D eigenvalue weighted by Crippen LogP contribution is -2.69. The summed E-state index contributed by atoms with van der Waals surface area (Å²) in [6.07, 6.45) is 6.59. The van der Waals surface area contributed by atoms with E-state index in [9.17, 15) is 20.0 Å². The Labute approximate surface area is 147 Å². The summed E-state index contributed by atoms with van der Waals surface area (Å²) in [6, 6.07) is 1.93. The average Bonchev–Trinajstić information content (AvgIpc) is 2.98. The van der Waals surface area contributed by atoms with Crippen molar-refractivity contribution in [2.45, 2.75) is 68.5 Å². The Kier molecular flexibility index (Phi) is 3.91. The molecule has 2 amide bonds. The molecule has 0 aromatic rings. The number of amides is 2. The lowest BCUT2D eigenvalue weighted by Gasteiger charge is -2.62. The summed E-state index contributed by atoms with van der Waals surface area (Å²) in [7, 11) is 0. The zero-order valence-electron chi connectivity index (χ0n) is 14.5. The van der Waals surface area contributed by atoms with Crippen LogP contribution in [-0.4, -0.2) is 52.2 Å². The van der Waals surface area contributed by atoms with Crippen LogP contribution < -0.4 is 10.6 Å². The average molecular weight is 346 g/mol. The molecule has 1 aliphatic heterocycles. The molecule has 0 aromatic carbocycles. The lowest BCUT2D eigenvalue weighted by molar-refractivity contribution is -0.131. The van der Waals surface area contributed by atoms with Crippen molar-refractivity contribution < 1.29 is 14.7 Å². The van der Waals surface area contributed by atoms with Crippen LogP contribution in [0.2, 0.25) is 0 Å². The third-order valence-corrected chi connectivity index (χ3v) is 6.77. The Morgan fingerprint density at radius 3 is 2.52 bits per heavy atom. The Bertz CT molecular complexity index is 614. The summed E-state index contributed by atoms with van der Waals surface area (Å²) in [4.78, 5) is 25.5. The molecule has 7 nitrogen and oxygen atoms in total. The first-order chi connectivity index (χ1) is 11.9. The maximum Gasteiger partial charge on any atom is 0.405 e. The molecule has 1 heterocycles. The van der Waals surface area contributed by atoms with E-state index in [1.807, 2.05) is 0 Å². The number of carbonyl (C=O) groups is 2. The van der Waals surface area contributed by atoms with Gasteiger partial charge in [0.05, 0.1) is 12.6 Å². The number of hydrogen-bond acceptors (Lipinski definition) is 4. The molecule has 0 aromatic heterocycles. The zero-order valence-corrected chi connectivity index (χ0v) is 14.5. The second kappa shape index (κ2) is 5.87. The first-order valence-electron chi connectivity index (χ1n) is 9.38. The SMILES string of the molecule is N#CC1CCCN1C(=O)CNC12CC3CC(C1)CC(NC(=O)O)(C3)C2. The molecular weight excluding hydrogens is 320 g/mol. The quantitative estimate of drug-likeness (QED) is 0.714. The van der Waals surface area contributed by atoms with E-state index in [2.05, 4.69) is 16.7 Å². The number of likely N-dealkylation sites (tertiary alicyclic amines) is 1. The van der Waals surface area contributed by atoms with Crippen molar-refractivity contribution in [1.29, 1.82) is 5.26 Å². The molecule has 5 fully saturated rings. The molecule has 136 valence electrons. The van der Waals surface area contributed by atoms with Gasteiger partial charge in [-0.1, -0.05) is 0 Å². The van der Waals surface area contributed by atoms with Gasteiger partial charge in [-0.15, -0.1) is 0 Å². The molecular formula is C18H26N4O3. The maximum atomic E-state index is 12.6. The predicted octanol–water partition coefficient (Wildman–Crippen LogP) is 1.45. The van der Waals surface area contributed by atoms with Crippen LogP contribution in [0.3, 0.4) is 0 Å². The van der Waals surface area contributed by atoms with E-state index in [1.165, 1.54) is 6.42 Å². The van der Waals surface area contributed by atoms with E-state index in [0.717, 1.165) is 44.9 Å². The summed E-state index contributed by atoms with van der Waals surface area (Å²) < 4.78 is 0. The lowest BCUT2D eigenvalue weighted by atomic mass is 9.50. The van der Waals surface area contributed by atoms with Gasteiger partial charge in [0, 0.05) is 17.6 Å². The summed E-state index contributed by atoms with van der Waals surface area (Å²) in [5, 5.41) is 24.7. The van der Waals surface area contributed by atoms with Crippen LogP contribution in [0.25, 0.3) is 0 Å². The highest BCUT2D eigenvalue weighted by molar-refractivity contribution is 5.79. The number of hydrogen-bond donors (Lipinski definition) is 3. The molecule has 3 atom stereocenters. The number of rotatable bonds is 4. The number of nitriles is 1. The van der Waals surface area contributed by atoms with Crippen molar-refractivity contribution in [3.8, 4) is 6.07 Å². The van der Waals surface area contributed by atoms with Crippen molar-refractivity contribution in [1.82, 2.24) is 15.5 Å². The standard InChI is InChI=1S/C18H26N4O3/c19-9-14-2-1-3-22(14)15(23)10-20-17-5-12-4-13(6-17)8-18(7-12,11-17)21-16(24)25/h12-14,20-21H,1-8,10-11H2,(H,24,25). The molecule has 4 aliphatic carbocycles. The number of nitrogens with one attached hydrogen (secondary N) is 2. The Morgan fingerprint density at radius 1 is 1.20 bits per heavy atom. The van der Waals surface area contributed by atoms with E-state index >= 15 is 0 Å². The fourth-order valence-corrected chi connectivity index (χ4v) is 6.41. The first kappa shape index (κ1) is 16.6. The van der Waals surface area contributed by atoms with Crippen molar-refractivity contribution in [3.63, 3.8) is 0 Å². The topological polar surface area (TPSA) is 105 Å². The van der Waals surface area contributed by atoms with E-state index in [4.69, 9.17) is 0 Å². The minimum atomic E-state index is -0.942. The summed E-state index contributed by atoms with van der Waals surface area (Å²) >= 11 is 0. The molecule has 1 saturated heterocycles. The van der Waals surface area contributed by atoms with Crippen molar-refractivity contribution >= 4 is 12.0 Å². The van der Waals surface area contributed by atoms with Crippen LogP contribution in [0.15, 0.2) is 0 Å². The normalized spacial score (nSPS) is 41.6. The minimum Gasteiger partial charge on any atom is -0.465 e. The van der Waals surface area contributed by atoms with Crippen LogP contribution >= 0.6 is 0 Å². The number of carboxylic acid groups (broad SMARTS) is 1. The van der Waals surface area contributed by atoms with Gasteiger partial charge in [-0.2, -0.15) is 5.26 Å². The van der Waals surface area contributed by atoms with Crippen molar-refractivity contribution in [3.05, 3.63) is 0 Å². The van der Waals surface area contributed by atoms with Crippen molar-refractivity contribution in [2.75, 3.05) is 13.1 Å². The van der Waals surface area contributed by atoms with Gasteiger partial charge < -0.3 is 20.6 Å². The number of nitrogens with zero attached hydrogens (tertiary/aromatic N) is 2. The molecule has 7 heteroatoms. The van der Waals surface area contributed by atoms with E-state index in [1.54, 1.807) is 4.90 Å². The van der Waals surface area contributed by atoms with Gasteiger partial charge in [0.25, 0.3) is 0 Å². The minimum absolute atomic E-state index is 0.0000363. The fourth-order valence-electron chi connectivity index (χ4n) is 6.41. The summed E-state index contributed by atoms with van der Waals surface area (Å²) in [6.45, 7) is 0.919. The largest absolute Gasteiger partial charge is 0.465 e. The second-order valence-electron chi connectivity index (χ2n) is 8.68. The molecule has 3 unspecified atom stereocenters. The predicted molar refractivity (Wildman–Crippen MR) is 89.7 cm³/mol. The van der Waals surface area contributed by atoms with E-state index in [-0.39, 0.29) is 29.6 Å². The molecule has 0 spiro atoms. The molecule has 25 heavy (non-hydrogen) atoms. The smallest absolute Gasteiger partial charge is 0.405 e. The monoisotopic (exact) mass is 346 g/mol. The van der Waals surface area contributed by atoms with Crippen LogP contribution in [0, 0.1) is 23.2 Å². The zero-order chi connectivity index (χ0) is 17.7. The van der Waals surface area contributed by atoms with E-state index < -0.39 is 6.09 Å². The highest BCUT2D eigenvalue weighted by Crippen LogP contribution is 2.57. The third-order valence-electron chi connectivity index (χ3n) is 6.77. The highest BCUT2D eigenvalue weighted by Gasteiger charge is 2.58. The Morgan fingerprint density at radius 2 is 1.88 bits per heavy atom. The molecule has 5 aliphatic rings. The van der Waals surface area contributed by atoms with Gasteiger partial charge in [0.1, 0.15) is 6.04 Å². The van der Waals surface area contributed by atoms with Gasteiger partial charge in [-0.05, 0) is 63.2 Å². The van der Waals surface area contributed by atoms with Crippen LogP contribution in [-0.2, 0) is 4.79 Å². The van der Waals surface area contributed by atoms with Gasteiger partial charge in [0.15, 0.2) is 0 Å². The molecule has 3 N–H and O–H groups in total. The van der Waals surface area contributed by atoms with Gasteiger partial charge in [-0.25, -0.2) is 4.79 Å². The van der Waals surface area contributed by atoms with Gasteiger partial charge >= 0.3 is 6.09 Å². The maximum absolute atomic E-state index is 12.6. The van der Waals surface area contributed by atoms with Gasteiger partial charge in [0.2, 0.25) is 5.91 Å². The van der Waals surface area contributed by atoms with Crippen LogP contribution in [0.1, 0.15) is 51.4 Å². The molecule has 0 radical (unpaired) electrons. The van der Waals surface area contributed by atoms with E-state index in [0.29, 0.717) is 18.4 Å². The Hall–Kier alpha value is -1.81. The molecule has 4 saturated carbocycles.